The smallest absolute Gasteiger partial charge is 0.339 e. The number of hydrogen-bond acceptors (Lipinski definition) is 6. The minimum Gasteiger partial charge on any atom is -0.544 e. The molecule has 2 rings (SSSR count). The van der Waals surface area contributed by atoms with Gasteiger partial charge in [0, 0.05) is 0 Å². The number of carboxylic acids is 1. The van der Waals surface area contributed by atoms with Crippen LogP contribution < -0.4 is 5.11 Å². The van der Waals surface area contributed by atoms with Gasteiger partial charge < -0.3 is 19.4 Å². The summed E-state index contributed by atoms with van der Waals surface area (Å²) in [6.07, 6.45) is 2.03. The number of aliphatic carboxylic acids is 1. The highest BCUT2D eigenvalue weighted by molar-refractivity contribution is 6.03. The van der Waals surface area contributed by atoms with Crippen molar-refractivity contribution in [1.82, 2.24) is 0 Å². The fourth-order valence-corrected chi connectivity index (χ4v) is 3.44. The highest BCUT2D eigenvalue weighted by Crippen LogP contribution is 2.33. The SMILES string of the molecule is CC(C)C(OC(=O)c1ccccc1C(=O)OC1(C)CCCCC1)C(F)(F)C(=O)[O-]. The molecule has 6 nitrogen and oxygen atoms in total. The van der Waals surface area contributed by atoms with Crippen molar-refractivity contribution in [2.45, 2.75) is 70.5 Å². The number of rotatable bonds is 7. The van der Waals surface area contributed by atoms with E-state index in [2.05, 4.69) is 0 Å². The van der Waals surface area contributed by atoms with Crippen LogP contribution in [0.25, 0.3) is 0 Å². The molecule has 1 aromatic rings. The lowest BCUT2D eigenvalue weighted by Crippen LogP contribution is -2.53. The lowest BCUT2D eigenvalue weighted by atomic mass is 9.86. The van der Waals surface area contributed by atoms with E-state index in [1.807, 2.05) is 6.92 Å². The van der Waals surface area contributed by atoms with E-state index in [0.29, 0.717) is 12.8 Å². The molecule has 0 aromatic heterocycles. The van der Waals surface area contributed by atoms with E-state index in [9.17, 15) is 28.3 Å². The molecule has 0 amide bonds. The molecule has 1 saturated carbocycles. The van der Waals surface area contributed by atoms with Crippen LogP contribution in [0.15, 0.2) is 24.3 Å². The Morgan fingerprint density at radius 3 is 2.03 bits per heavy atom. The van der Waals surface area contributed by atoms with Crippen LogP contribution in [0.5, 0.6) is 0 Å². The van der Waals surface area contributed by atoms with Gasteiger partial charge in [-0.15, -0.1) is 0 Å². The van der Waals surface area contributed by atoms with Gasteiger partial charge in [0.1, 0.15) is 11.6 Å². The Balaban J connectivity index is 2.25. The molecule has 1 atom stereocenters. The average Bonchev–Trinajstić information content (AvgIpc) is 2.65. The molecule has 1 aliphatic carbocycles. The number of alkyl halides is 2. The maximum Gasteiger partial charge on any atom is 0.339 e. The van der Waals surface area contributed by atoms with E-state index in [-0.39, 0.29) is 11.1 Å². The van der Waals surface area contributed by atoms with E-state index in [1.54, 1.807) is 0 Å². The van der Waals surface area contributed by atoms with Crippen molar-refractivity contribution in [1.29, 1.82) is 0 Å². The zero-order chi connectivity index (χ0) is 21.8. The molecule has 0 bridgehead atoms. The van der Waals surface area contributed by atoms with Gasteiger partial charge >= 0.3 is 17.9 Å². The first-order chi connectivity index (χ1) is 13.5. The first-order valence-electron chi connectivity index (χ1n) is 9.60. The number of esters is 2. The molecule has 29 heavy (non-hydrogen) atoms. The highest BCUT2D eigenvalue weighted by atomic mass is 19.3. The van der Waals surface area contributed by atoms with Crippen molar-refractivity contribution in [2.24, 2.45) is 5.92 Å². The van der Waals surface area contributed by atoms with Crippen LogP contribution in [0, 0.1) is 5.92 Å². The average molecular weight is 411 g/mol. The minimum absolute atomic E-state index is 0.122. The Kier molecular flexibility index (Phi) is 6.97. The Morgan fingerprint density at radius 2 is 1.55 bits per heavy atom. The van der Waals surface area contributed by atoms with Gasteiger partial charge in [0.15, 0.2) is 6.10 Å². The molecule has 8 heteroatoms. The zero-order valence-corrected chi connectivity index (χ0v) is 16.7. The van der Waals surface area contributed by atoms with Gasteiger partial charge in [0.05, 0.1) is 11.1 Å². The van der Waals surface area contributed by atoms with E-state index in [4.69, 9.17) is 9.47 Å². The van der Waals surface area contributed by atoms with Crippen LogP contribution in [-0.2, 0) is 14.3 Å². The number of hydrogen-bond donors (Lipinski definition) is 0. The molecule has 0 radical (unpaired) electrons. The summed E-state index contributed by atoms with van der Waals surface area (Å²) < 4.78 is 38.3. The Labute approximate surface area is 168 Å². The molecule has 0 heterocycles. The van der Waals surface area contributed by atoms with Crippen molar-refractivity contribution in [3.8, 4) is 0 Å². The summed E-state index contributed by atoms with van der Waals surface area (Å²) in [5.74, 6) is -10.0. The van der Waals surface area contributed by atoms with Gasteiger partial charge in [0.2, 0.25) is 0 Å². The summed E-state index contributed by atoms with van der Waals surface area (Å²) in [6, 6.07) is 5.53. The molecule has 1 aliphatic rings. The molecule has 0 spiro atoms. The lowest BCUT2D eigenvalue weighted by molar-refractivity contribution is -0.337. The van der Waals surface area contributed by atoms with Gasteiger partial charge in [-0.3, -0.25) is 0 Å². The molecular formula is C21H25F2O6-. The quantitative estimate of drug-likeness (QED) is 0.640. The maximum absolute atomic E-state index is 13.9. The van der Waals surface area contributed by atoms with Crippen LogP contribution in [0.2, 0.25) is 0 Å². The monoisotopic (exact) mass is 411 g/mol. The first-order valence-corrected chi connectivity index (χ1v) is 9.60. The maximum atomic E-state index is 13.9. The normalized spacial score (nSPS) is 17.4. The summed E-state index contributed by atoms with van der Waals surface area (Å²) in [7, 11) is 0. The van der Waals surface area contributed by atoms with Crippen LogP contribution >= 0.6 is 0 Å². The number of halogens is 2. The molecule has 160 valence electrons. The highest BCUT2D eigenvalue weighted by Gasteiger charge is 2.46. The predicted octanol–water partition coefficient (Wildman–Crippen LogP) is 3.13. The second kappa shape index (κ2) is 8.88. The summed E-state index contributed by atoms with van der Waals surface area (Å²) in [5, 5.41) is 10.8. The van der Waals surface area contributed by atoms with Crippen molar-refractivity contribution in [3.63, 3.8) is 0 Å². The van der Waals surface area contributed by atoms with Crippen molar-refractivity contribution in [2.75, 3.05) is 0 Å². The number of ether oxygens (including phenoxy) is 2. The van der Waals surface area contributed by atoms with Crippen LogP contribution in [-0.4, -0.2) is 35.5 Å². The second-order valence-electron chi connectivity index (χ2n) is 7.93. The van der Waals surface area contributed by atoms with Crippen LogP contribution in [0.4, 0.5) is 8.78 Å². The zero-order valence-electron chi connectivity index (χ0n) is 16.7. The van der Waals surface area contributed by atoms with Gasteiger partial charge in [-0.05, 0) is 50.7 Å². The summed E-state index contributed by atoms with van der Waals surface area (Å²) >= 11 is 0. The standard InChI is InChI=1S/C21H26F2O6/c1-13(2)16(21(22,23)19(26)27)28-17(24)14-9-5-6-10-15(14)18(25)29-20(3)11-7-4-8-12-20/h5-6,9-10,13,16H,4,7-8,11-12H2,1-3H3,(H,26,27)/p-1. The molecule has 1 unspecified atom stereocenters. The van der Waals surface area contributed by atoms with Crippen molar-refractivity contribution in [3.05, 3.63) is 35.4 Å². The third kappa shape index (κ3) is 5.31. The molecule has 1 fully saturated rings. The Hall–Kier alpha value is -2.51. The van der Waals surface area contributed by atoms with Gasteiger partial charge in [0.25, 0.3) is 0 Å². The van der Waals surface area contributed by atoms with Crippen molar-refractivity contribution < 1.29 is 37.7 Å². The fraction of sp³-hybridized carbons (Fsp3) is 0.571. The van der Waals surface area contributed by atoms with E-state index in [0.717, 1.165) is 19.3 Å². The van der Waals surface area contributed by atoms with Crippen molar-refractivity contribution >= 4 is 17.9 Å². The molecule has 0 N–H and O–H groups in total. The van der Waals surface area contributed by atoms with E-state index >= 15 is 0 Å². The van der Waals surface area contributed by atoms with Gasteiger partial charge in [-0.1, -0.05) is 32.4 Å². The minimum atomic E-state index is -4.38. The summed E-state index contributed by atoms with van der Waals surface area (Å²) in [5.41, 5.74) is -1.05. The summed E-state index contributed by atoms with van der Waals surface area (Å²) in [6.45, 7) is 4.40. The van der Waals surface area contributed by atoms with E-state index < -0.39 is 41.5 Å². The number of carbonyl (C=O) groups excluding carboxylic acids is 3. The first kappa shape index (κ1) is 22.8. The number of carbonyl (C=O) groups is 3. The number of benzene rings is 1. The van der Waals surface area contributed by atoms with Crippen LogP contribution in [0.1, 0.15) is 73.6 Å². The van der Waals surface area contributed by atoms with E-state index in [1.165, 1.54) is 38.1 Å². The number of carboxylic acid groups (broad SMARTS) is 1. The van der Waals surface area contributed by atoms with Gasteiger partial charge in [-0.2, -0.15) is 8.78 Å². The Bertz CT molecular complexity index is 768. The fourth-order valence-electron chi connectivity index (χ4n) is 3.44. The third-order valence-corrected chi connectivity index (χ3v) is 5.09. The second-order valence-corrected chi connectivity index (χ2v) is 7.93. The summed E-state index contributed by atoms with van der Waals surface area (Å²) in [4.78, 5) is 36.0. The molecule has 1 aromatic carbocycles. The topological polar surface area (TPSA) is 92.7 Å². The lowest BCUT2D eigenvalue weighted by Gasteiger charge is -2.33. The van der Waals surface area contributed by atoms with Crippen LogP contribution in [0.3, 0.4) is 0 Å². The largest absolute Gasteiger partial charge is 0.544 e. The molecule has 0 aliphatic heterocycles. The molecule has 0 saturated heterocycles. The third-order valence-electron chi connectivity index (χ3n) is 5.09. The van der Waals surface area contributed by atoms with Gasteiger partial charge in [-0.25, -0.2) is 9.59 Å². The molecular weight excluding hydrogens is 386 g/mol. The Morgan fingerprint density at radius 1 is 1.03 bits per heavy atom. The predicted molar refractivity (Wildman–Crippen MR) is 97.3 cm³/mol.